The minimum atomic E-state index is -1.88. The van der Waals surface area contributed by atoms with Gasteiger partial charge in [-0.1, -0.05) is 26.8 Å². The van der Waals surface area contributed by atoms with Crippen LogP contribution in [0.15, 0.2) is 12.1 Å². The molecule has 1 saturated carbocycles. The van der Waals surface area contributed by atoms with Crippen molar-refractivity contribution in [3.8, 4) is 5.88 Å². The summed E-state index contributed by atoms with van der Waals surface area (Å²) in [5.41, 5.74) is 2.22. The summed E-state index contributed by atoms with van der Waals surface area (Å²) in [7, 11) is -0.227. The quantitative estimate of drug-likeness (QED) is 0.688. The molecule has 0 aromatic carbocycles. The number of methoxy groups -OCH3 is 1. The molecule has 2 fully saturated rings. The minimum Gasteiger partial charge on any atom is -0.481 e. The van der Waals surface area contributed by atoms with Gasteiger partial charge in [0.15, 0.2) is 14.1 Å². The van der Waals surface area contributed by atoms with Crippen LogP contribution in [0.2, 0.25) is 18.1 Å². The molecule has 2 atom stereocenters. The van der Waals surface area contributed by atoms with Crippen LogP contribution < -0.4 is 4.74 Å². The third-order valence-electron chi connectivity index (χ3n) is 6.56. The molecule has 2 aliphatic rings. The highest BCUT2D eigenvalue weighted by Crippen LogP contribution is 2.48. The minimum absolute atomic E-state index is 0.165. The highest BCUT2D eigenvalue weighted by molar-refractivity contribution is 6.74. The molecule has 27 heavy (non-hydrogen) atoms. The van der Waals surface area contributed by atoms with E-state index in [-0.39, 0.29) is 17.1 Å². The van der Waals surface area contributed by atoms with Crippen LogP contribution in [0.5, 0.6) is 5.88 Å². The highest BCUT2D eigenvalue weighted by atomic mass is 28.4. The molecule has 2 heterocycles. The normalized spacial score (nSPS) is 25.7. The first-order chi connectivity index (χ1) is 12.6. The zero-order chi connectivity index (χ0) is 19.9. The van der Waals surface area contributed by atoms with Crippen LogP contribution in [0.4, 0.5) is 0 Å². The largest absolute Gasteiger partial charge is 0.481 e. The molecule has 152 valence electrons. The molecule has 5 nitrogen and oxygen atoms in total. The van der Waals surface area contributed by atoms with E-state index in [1.165, 1.54) is 5.56 Å². The molecule has 0 amide bonds. The molecule has 1 aromatic heterocycles. The van der Waals surface area contributed by atoms with E-state index in [4.69, 9.17) is 18.6 Å². The monoisotopic (exact) mass is 393 g/mol. The van der Waals surface area contributed by atoms with Crippen LogP contribution in [-0.2, 0) is 13.9 Å². The van der Waals surface area contributed by atoms with Gasteiger partial charge in [-0.25, -0.2) is 4.98 Å². The van der Waals surface area contributed by atoms with Crippen molar-refractivity contribution >= 4 is 8.32 Å². The third kappa shape index (κ3) is 4.24. The molecule has 1 aliphatic heterocycles. The molecule has 0 unspecified atom stereocenters. The number of aromatic nitrogens is 1. The fourth-order valence-electron chi connectivity index (χ4n) is 3.95. The van der Waals surface area contributed by atoms with E-state index in [1.54, 1.807) is 7.11 Å². The number of rotatable bonds is 4. The summed E-state index contributed by atoms with van der Waals surface area (Å²) < 4.78 is 24.3. The smallest absolute Gasteiger partial charge is 0.213 e. The van der Waals surface area contributed by atoms with Gasteiger partial charge in [0.1, 0.15) is 0 Å². The lowest BCUT2D eigenvalue weighted by Gasteiger charge is -2.46. The van der Waals surface area contributed by atoms with Gasteiger partial charge in [-0.3, -0.25) is 0 Å². The molecule has 1 saturated heterocycles. The lowest BCUT2D eigenvalue weighted by molar-refractivity contribution is -0.192. The Bertz CT molecular complexity index is 665. The Morgan fingerprint density at radius 2 is 1.85 bits per heavy atom. The van der Waals surface area contributed by atoms with Crippen molar-refractivity contribution in [1.82, 2.24) is 4.98 Å². The van der Waals surface area contributed by atoms with Crippen molar-refractivity contribution < 1.29 is 18.6 Å². The van der Waals surface area contributed by atoms with Crippen LogP contribution in [0.3, 0.4) is 0 Å². The number of hydrogen-bond donors (Lipinski definition) is 0. The maximum absolute atomic E-state index is 6.89. The van der Waals surface area contributed by atoms with Gasteiger partial charge in [0, 0.05) is 30.5 Å². The van der Waals surface area contributed by atoms with Crippen LogP contribution in [0.1, 0.15) is 57.2 Å². The first-order valence-corrected chi connectivity index (χ1v) is 12.9. The first-order valence-electron chi connectivity index (χ1n) is 10.0. The SMILES string of the molecule is COc1ccc([C@H]2CC3(CC[C@@H]2O[Si](C)(C)C(C)(C)C)OCCO3)c(C)n1. The van der Waals surface area contributed by atoms with Crippen molar-refractivity contribution in [2.24, 2.45) is 0 Å². The fraction of sp³-hybridized carbons (Fsp3) is 0.762. The van der Waals surface area contributed by atoms with Crippen molar-refractivity contribution in [3.63, 3.8) is 0 Å². The van der Waals surface area contributed by atoms with Gasteiger partial charge in [-0.15, -0.1) is 0 Å². The molecule has 3 rings (SSSR count). The highest BCUT2D eigenvalue weighted by Gasteiger charge is 2.49. The molecular formula is C21H35NO4Si. The summed E-state index contributed by atoms with van der Waals surface area (Å²) in [6.07, 6.45) is 2.83. The zero-order valence-electron chi connectivity index (χ0n) is 17.9. The summed E-state index contributed by atoms with van der Waals surface area (Å²) in [6, 6.07) is 4.09. The Kier molecular flexibility index (Phi) is 5.74. The first kappa shape index (κ1) is 20.8. The second-order valence-electron chi connectivity index (χ2n) is 9.40. The van der Waals surface area contributed by atoms with Gasteiger partial charge in [0.25, 0.3) is 0 Å². The zero-order valence-corrected chi connectivity index (χ0v) is 18.9. The van der Waals surface area contributed by atoms with Gasteiger partial charge in [0.05, 0.1) is 26.4 Å². The Balaban J connectivity index is 1.92. The molecule has 1 spiro atoms. The van der Waals surface area contributed by atoms with E-state index in [0.29, 0.717) is 19.1 Å². The van der Waals surface area contributed by atoms with Gasteiger partial charge in [-0.2, -0.15) is 0 Å². The Labute approximate surface area is 164 Å². The number of ether oxygens (including phenoxy) is 3. The van der Waals surface area contributed by atoms with E-state index in [1.807, 2.05) is 6.07 Å². The summed E-state index contributed by atoms with van der Waals surface area (Å²) in [5, 5.41) is 0.181. The van der Waals surface area contributed by atoms with E-state index >= 15 is 0 Å². The van der Waals surface area contributed by atoms with E-state index in [2.05, 4.69) is 51.8 Å². The van der Waals surface area contributed by atoms with Crippen LogP contribution in [0.25, 0.3) is 0 Å². The number of aryl methyl sites for hydroxylation is 1. The number of pyridine rings is 1. The van der Waals surface area contributed by atoms with Crippen molar-refractivity contribution in [2.75, 3.05) is 20.3 Å². The maximum atomic E-state index is 6.89. The molecule has 6 heteroatoms. The third-order valence-corrected chi connectivity index (χ3v) is 11.1. The van der Waals surface area contributed by atoms with E-state index < -0.39 is 14.1 Å². The van der Waals surface area contributed by atoms with Crippen LogP contribution >= 0.6 is 0 Å². The lowest BCUT2D eigenvalue weighted by atomic mass is 9.78. The topological polar surface area (TPSA) is 49.8 Å². The molecular weight excluding hydrogens is 358 g/mol. The van der Waals surface area contributed by atoms with Gasteiger partial charge < -0.3 is 18.6 Å². The Morgan fingerprint density at radius 3 is 2.41 bits per heavy atom. The van der Waals surface area contributed by atoms with Crippen molar-refractivity contribution in [2.45, 2.75) is 82.9 Å². The lowest BCUT2D eigenvalue weighted by Crippen LogP contribution is -2.49. The maximum Gasteiger partial charge on any atom is 0.213 e. The Morgan fingerprint density at radius 1 is 1.19 bits per heavy atom. The predicted octanol–water partition coefficient (Wildman–Crippen LogP) is 4.80. The predicted molar refractivity (Wildman–Crippen MR) is 109 cm³/mol. The summed E-state index contributed by atoms with van der Waals surface area (Å²) >= 11 is 0. The number of nitrogens with zero attached hydrogens (tertiary/aromatic N) is 1. The van der Waals surface area contributed by atoms with Crippen LogP contribution in [0, 0.1) is 6.92 Å². The van der Waals surface area contributed by atoms with Crippen molar-refractivity contribution in [3.05, 3.63) is 23.4 Å². The second kappa shape index (κ2) is 7.47. The summed E-state index contributed by atoms with van der Waals surface area (Å²) in [4.78, 5) is 4.61. The molecule has 0 radical (unpaired) electrons. The van der Waals surface area contributed by atoms with Gasteiger partial charge in [0.2, 0.25) is 5.88 Å². The van der Waals surface area contributed by atoms with Crippen molar-refractivity contribution in [1.29, 1.82) is 0 Å². The van der Waals surface area contributed by atoms with Gasteiger partial charge in [-0.05, 0) is 37.0 Å². The summed E-state index contributed by atoms with van der Waals surface area (Å²) in [5.74, 6) is 0.408. The van der Waals surface area contributed by atoms with E-state index in [0.717, 1.165) is 25.0 Å². The average Bonchev–Trinajstić information content (AvgIpc) is 3.03. The van der Waals surface area contributed by atoms with Crippen LogP contribution in [-0.4, -0.2) is 45.5 Å². The Hall–Kier alpha value is -0.953. The fourth-order valence-corrected chi connectivity index (χ4v) is 5.34. The molecule has 0 bridgehead atoms. The summed E-state index contributed by atoms with van der Waals surface area (Å²) in [6.45, 7) is 15.0. The average molecular weight is 394 g/mol. The second-order valence-corrected chi connectivity index (χ2v) is 14.2. The molecule has 1 aromatic rings. The van der Waals surface area contributed by atoms with Gasteiger partial charge >= 0.3 is 0 Å². The molecule has 1 aliphatic carbocycles. The molecule has 0 N–H and O–H groups in total. The standard InChI is InChI=1S/C21H35NO4Si/c1-15-16(8-9-19(22-15)23-5)17-14-21(24-12-13-25-21)11-10-18(17)26-27(6,7)20(2,3)4/h8-9,17-18H,10-14H2,1-7H3/t17-,18+/m1/s1. The number of hydrogen-bond acceptors (Lipinski definition) is 5. The van der Waals surface area contributed by atoms with E-state index in [9.17, 15) is 0 Å².